The SMILES string of the molecule is CCC1(C(=O)N2CCC(C)C(OC)C2)CCCN1.Cl. The largest absolute Gasteiger partial charge is 0.379 e. The van der Waals surface area contributed by atoms with Gasteiger partial charge in [0.25, 0.3) is 0 Å². The van der Waals surface area contributed by atoms with Gasteiger partial charge >= 0.3 is 0 Å². The van der Waals surface area contributed by atoms with Crippen molar-refractivity contribution < 1.29 is 9.53 Å². The molecule has 0 aliphatic carbocycles. The van der Waals surface area contributed by atoms with Crippen molar-refractivity contribution in [2.24, 2.45) is 5.92 Å². The summed E-state index contributed by atoms with van der Waals surface area (Å²) in [6.45, 7) is 6.91. The van der Waals surface area contributed by atoms with Crippen LogP contribution < -0.4 is 5.32 Å². The molecule has 3 unspecified atom stereocenters. The van der Waals surface area contributed by atoms with Crippen molar-refractivity contribution in [2.45, 2.75) is 51.2 Å². The molecule has 3 atom stereocenters. The van der Waals surface area contributed by atoms with Gasteiger partial charge in [-0.1, -0.05) is 13.8 Å². The Bertz CT molecular complexity index is 306. The highest BCUT2D eigenvalue weighted by Crippen LogP contribution is 2.28. The number of nitrogens with zero attached hydrogens (tertiary/aromatic N) is 1. The van der Waals surface area contributed by atoms with E-state index in [2.05, 4.69) is 19.2 Å². The molecule has 2 rings (SSSR count). The van der Waals surface area contributed by atoms with Crippen LogP contribution in [0.5, 0.6) is 0 Å². The van der Waals surface area contributed by atoms with E-state index in [1.165, 1.54) is 0 Å². The maximum atomic E-state index is 12.7. The number of amides is 1. The fourth-order valence-electron chi connectivity index (χ4n) is 3.27. The fraction of sp³-hybridized carbons (Fsp3) is 0.929. The van der Waals surface area contributed by atoms with Crippen LogP contribution in [-0.4, -0.2) is 49.2 Å². The third-order valence-electron chi connectivity index (χ3n) is 4.74. The molecule has 0 aromatic rings. The highest BCUT2D eigenvalue weighted by atomic mass is 35.5. The van der Waals surface area contributed by atoms with Gasteiger partial charge in [0.2, 0.25) is 5.91 Å². The minimum Gasteiger partial charge on any atom is -0.379 e. The summed E-state index contributed by atoms with van der Waals surface area (Å²) in [6.07, 6.45) is 4.21. The Hall–Kier alpha value is -0.320. The number of hydrogen-bond acceptors (Lipinski definition) is 3. The molecule has 0 spiro atoms. The van der Waals surface area contributed by atoms with Crippen molar-refractivity contribution in [2.75, 3.05) is 26.7 Å². The second-order valence-electron chi connectivity index (χ2n) is 5.76. The Morgan fingerprint density at radius 3 is 2.79 bits per heavy atom. The number of carbonyl (C=O) groups is 1. The van der Waals surface area contributed by atoms with Crippen molar-refractivity contribution in [3.63, 3.8) is 0 Å². The van der Waals surface area contributed by atoms with E-state index >= 15 is 0 Å². The number of piperidine rings is 1. The average Bonchev–Trinajstić information content (AvgIpc) is 2.88. The molecule has 112 valence electrons. The number of carbonyl (C=O) groups excluding carboxylic acids is 1. The quantitative estimate of drug-likeness (QED) is 0.862. The van der Waals surface area contributed by atoms with Gasteiger partial charge in [0, 0.05) is 20.2 Å². The van der Waals surface area contributed by atoms with E-state index in [4.69, 9.17) is 4.74 Å². The van der Waals surface area contributed by atoms with Gasteiger partial charge in [-0.25, -0.2) is 0 Å². The molecular formula is C14H27ClN2O2. The molecule has 0 radical (unpaired) electrons. The van der Waals surface area contributed by atoms with E-state index < -0.39 is 0 Å². The van der Waals surface area contributed by atoms with Crippen LogP contribution in [-0.2, 0) is 9.53 Å². The van der Waals surface area contributed by atoms with Crippen molar-refractivity contribution in [3.05, 3.63) is 0 Å². The summed E-state index contributed by atoms with van der Waals surface area (Å²) in [4.78, 5) is 14.7. The van der Waals surface area contributed by atoms with Crippen LogP contribution in [0.25, 0.3) is 0 Å². The zero-order valence-electron chi connectivity index (χ0n) is 12.3. The van der Waals surface area contributed by atoms with Gasteiger partial charge in [-0.3, -0.25) is 4.79 Å². The average molecular weight is 291 g/mol. The molecule has 5 heteroatoms. The zero-order chi connectivity index (χ0) is 13.2. The van der Waals surface area contributed by atoms with Crippen LogP contribution in [0, 0.1) is 5.92 Å². The molecule has 0 bridgehead atoms. The molecule has 0 aromatic carbocycles. The third kappa shape index (κ3) is 3.23. The van der Waals surface area contributed by atoms with Gasteiger partial charge in [-0.05, 0) is 38.1 Å². The molecule has 0 aromatic heterocycles. The van der Waals surface area contributed by atoms with Gasteiger partial charge < -0.3 is 15.0 Å². The number of halogens is 1. The molecule has 0 saturated carbocycles. The van der Waals surface area contributed by atoms with Crippen molar-refractivity contribution >= 4 is 18.3 Å². The van der Waals surface area contributed by atoms with E-state index in [1.807, 2.05) is 4.90 Å². The second-order valence-corrected chi connectivity index (χ2v) is 5.76. The Morgan fingerprint density at radius 2 is 2.26 bits per heavy atom. The summed E-state index contributed by atoms with van der Waals surface area (Å²) in [6, 6.07) is 0. The highest BCUT2D eigenvalue weighted by molar-refractivity contribution is 5.87. The van der Waals surface area contributed by atoms with Crippen molar-refractivity contribution in [3.8, 4) is 0 Å². The van der Waals surface area contributed by atoms with Crippen LogP contribution >= 0.6 is 12.4 Å². The molecule has 1 N–H and O–H groups in total. The van der Waals surface area contributed by atoms with Crippen molar-refractivity contribution in [1.29, 1.82) is 0 Å². The number of nitrogens with one attached hydrogen (secondary N) is 1. The molecular weight excluding hydrogens is 264 g/mol. The predicted molar refractivity (Wildman–Crippen MR) is 78.7 cm³/mol. The van der Waals surface area contributed by atoms with E-state index in [-0.39, 0.29) is 30.0 Å². The van der Waals surface area contributed by atoms with Gasteiger partial charge in [-0.15, -0.1) is 12.4 Å². The lowest BCUT2D eigenvalue weighted by molar-refractivity contribution is -0.143. The molecule has 2 saturated heterocycles. The zero-order valence-corrected chi connectivity index (χ0v) is 13.1. The standard InChI is InChI=1S/C14H26N2O2.ClH/c1-4-14(7-5-8-15-14)13(17)16-9-6-11(2)12(10-16)18-3;/h11-12,15H,4-10H2,1-3H3;1H. The van der Waals surface area contributed by atoms with E-state index in [1.54, 1.807) is 7.11 Å². The Balaban J connectivity index is 0.00000180. The number of ether oxygens (including phenoxy) is 1. The molecule has 1 amide bonds. The highest BCUT2D eigenvalue weighted by Gasteiger charge is 2.43. The minimum atomic E-state index is -0.293. The maximum absolute atomic E-state index is 12.7. The van der Waals surface area contributed by atoms with Gasteiger partial charge in [-0.2, -0.15) is 0 Å². The Labute approximate surface area is 122 Å². The van der Waals surface area contributed by atoms with E-state index in [9.17, 15) is 4.79 Å². The predicted octanol–water partition coefficient (Wildman–Crippen LogP) is 1.82. The van der Waals surface area contributed by atoms with Crippen LogP contribution in [0.15, 0.2) is 0 Å². The molecule has 19 heavy (non-hydrogen) atoms. The van der Waals surface area contributed by atoms with Crippen LogP contribution in [0.2, 0.25) is 0 Å². The first kappa shape index (κ1) is 16.7. The van der Waals surface area contributed by atoms with Crippen molar-refractivity contribution in [1.82, 2.24) is 10.2 Å². The third-order valence-corrected chi connectivity index (χ3v) is 4.74. The Morgan fingerprint density at radius 1 is 1.53 bits per heavy atom. The van der Waals surface area contributed by atoms with E-state index in [0.717, 1.165) is 45.3 Å². The van der Waals surface area contributed by atoms with Gasteiger partial charge in [0.05, 0.1) is 11.6 Å². The summed E-state index contributed by atoms with van der Waals surface area (Å²) in [5, 5.41) is 3.43. The number of likely N-dealkylation sites (tertiary alicyclic amines) is 1. The number of hydrogen-bond donors (Lipinski definition) is 1. The van der Waals surface area contributed by atoms with E-state index in [0.29, 0.717) is 5.92 Å². The molecule has 4 nitrogen and oxygen atoms in total. The second kappa shape index (κ2) is 6.91. The smallest absolute Gasteiger partial charge is 0.242 e. The molecule has 2 aliphatic heterocycles. The molecule has 2 fully saturated rings. The normalized spacial score (nSPS) is 35.0. The summed E-state index contributed by atoms with van der Waals surface area (Å²) >= 11 is 0. The number of rotatable bonds is 3. The summed E-state index contributed by atoms with van der Waals surface area (Å²) in [5.74, 6) is 0.838. The minimum absolute atomic E-state index is 0. The first-order valence-electron chi connectivity index (χ1n) is 7.20. The fourth-order valence-corrected chi connectivity index (χ4v) is 3.27. The Kier molecular flexibility index (Phi) is 6.09. The first-order chi connectivity index (χ1) is 8.63. The number of methoxy groups -OCH3 is 1. The van der Waals surface area contributed by atoms with Gasteiger partial charge in [0.1, 0.15) is 0 Å². The topological polar surface area (TPSA) is 41.6 Å². The van der Waals surface area contributed by atoms with Crippen LogP contribution in [0.3, 0.4) is 0 Å². The summed E-state index contributed by atoms with van der Waals surface area (Å²) < 4.78 is 5.50. The van der Waals surface area contributed by atoms with Crippen LogP contribution in [0.1, 0.15) is 39.5 Å². The lowest BCUT2D eigenvalue weighted by atomic mass is 9.89. The maximum Gasteiger partial charge on any atom is 0.242 e. The lowest BCUT2D eigenvalue weighted by Gasteiger charge is -2.40. The molecule has 2 heterocycles. The monoisotopic (exact) mass is 290 g/mol. The molecule has 2 aliphatic rings. The lowest BCUT2D eigenvalue weighted by Crippen LogP contribution is -2.58. The summed E-state index contributed by atoms with van der Waals surface area (Å²) in [5.41, 5.74) is -0.293. The van der Waals surface area contributed by atoms with Crippen LogP contribution in [0.4, 0.5) is 0 Å². The van der Waals surface area contributed by atoms with Gasteiger partial charge in [0.15, 0.2) is 0 Å². The first-order valence-corrected chi connectivity index (χ1v) is 7.20. The summed E-state index contributed by atoms with van der Waals surface area (Å²) in [7, 11) is 1.75.